The molecule has 1 fully saturated rings. The minimum absolute atomic E-state index is 0.351. The van der Waals surface area contributed by atoms with E-state index in [1.165, 1.54) is 25.4 Å². The second kappa shape index (κ2) is 6.56. The van der Waals surface area contributed by atoms with Gasteiger partial charge in [0, 0.05) is 6.20 Å². The highest BCUT2D eigenvalue weighted by Gasteiger charge is 2.38. The Labute approximate surface area is 123 Å². The van der Waals surface area contributed by atoms with Crippen LogP contribution in [0.25, 0.3) is 0 Å². The number of carboxylic acids is 1. The Balaban J connectivity index is 2.24. The highest BCUT2D eigenvalue weighted by molar-refractivity contribution is 5.90. The van der Waals surface area contributed by atoms with Gasteiger partial charge in [-0.3, -0.25) is 0 Å². The first kappa shape index (κ1) is 15.3. The van der Waals surface area contributed by atoms with E-state index in [0.29, 0.717) is 24.2 Å². The van der Waals surface area contributed by atoms with Crippen LogP contribution < -0.4 is 5.32 Å². The van der Waals surface area contributed by atoms with Gasteiger partial charge < -0.3 is 15.2 Å². The summed E-state index contributed by atoms with van der Waals surface area (Å²) in [5.74, 6) is -0.942. The van der Waals surface area contributed by atoms with Crippen molar-refractivity contribution in [1.82, 2.24) is 4.98 Å². The average Bonchev–Trinajstić information content (AvgIpc) is 2.73. The van der Waals surface area contributed by atoms with Gasteiger partial charge >= 0.3 is 11.9 Å². The van der Waals surface area contributed by atoms with Crippen molar-refractivity contribution in [2.45, 2.75) is 44.1 Å². The van der Waals surface area contributed by atoms with Crippen LogP contribution in [-0.2, 0) is 9.53 Å². The molecule has 0 spiro atoms. The molecule has 1 aromatic heterocycles. The second-order valence-electron chi connectivity index (χ2n) is 5.35. The van der Waals surface area contributed by atoms with E-state index >= 15 is 0 Å². The zero-order valence-electron chi connectivity index (χ0n) is 12.1. The lowest BCUT2D eigenvalue weighted by Crippen LogP contribution is -2.46. The first-order valence-electron chi connectivity index (χ1n) is 7.13. The summed E-state index contributed by atoms with van der Waals surface area (Å²) < 4.78 is 4.66. The van der Waals surface area contributed by atoms with Crippen LogP contribution in [0, 0.1) is 0 Å². The quantitative estimate of drug-likeness (QED) is 0.654. The third-order valence-corrected chi connectivity index (χ3v) is 3.91. The lowest BCUT2D eigenvalue weighted by molar-refractivity contribution is -0.142. The van der Waals surface area contributed by atoms with Gasteiger partial charge in [-0.2, -0.15) is 0 Å². The van der Waals surface area contributed by atoms with E-state index in [1.807, 2.05) is 0 Å². The molecule has 21 heavy (non-hydrogen) atoms. The molecule has 6 heteroatoms. The number of pyridine rings is 1. The Morgan fingerprint density at radius 2 is 1.95 bits per heavy atom. The van der Waals surface area contributed by atoms with Crippen LogP contribution >= 0.6 is 0 Å². The molecule has 2 N–H and O–H groups in total. The maximum absolute atomic E-state index is 11.7. The van der Waals surface area contributed by atoms with Gasteiger partial charge in [0.05, 0.1) is 12.7 Å². The summed E-state index contributed by atoms with van der Waals surface area (Å²) in [6, 6.07) is 3.07. The van der Waals surface area contributed by atoms with E-state index in [9.17, 15) is 14.7 Å². The van der Waals surface area contributed by atoms with Gasteiger partial charge in [0.25, 0.3) is 0 Å². The molecule has 0 saturated heterocycles. The standard InChI is InChI=1S/C15H20N2O4/c1-21-13(18)11-6-9-16-12(10-11)17-15(14(19)20)7-4-2-3-5-8-15/h6,9-10H,2-5,7-8H2,1H3,(H,16,17)(H,19,20). The Bertz CT molecular complexity index is 522. The van der Waals surface area contributed by atoms with Crippen molar-refractivity contribution in [1.29, 1.82) is 0 Å². The number of carbonyl (C=O) groups is 2. The van der Waals surface area contributed by atoms with E-state index in [4.69, 9.17) is 0 Å². The third-order valence-electron chi connectivity index (χ3n) is 3.91. The molecule has 0 bridgehead atoms. The highest BCUT2D eigenvalue weighted by Crippen LogP contribution is 2.30. The smallest absolute Gasteiger partial charge is 0.338 e. The van der Waals surface area contributed by atoms with Crippen molar-refractivity contribution in [3.05, 3.63) is 23.9 Å². The molecule has 1 aromatic rings. The molecule has 1 saturated carbocycles. The molecule has 0 atom stereocenters. The molecule has 1 aliphatic rings. The van der Waals surface area contributed by atoms with Gasteiger partial charge in [0.2, 0.25) is 0 Å². The number of methoxy groups -OCH3 is 1. The minimum Gasteiger partial charge on any atom is -0.480 e. The van der Waals surface area contributed by atoms with E-state index in [-0.39, 0.29) is 0 Å². The van der Waals surface area contributed by atoms with Crippen LogP contribution in [0.5, 0.6) is 0 Å². The number of hydrogen-bond acceptors (Lipinski definition) is 5. The van der Waals surface area contributed by atoms with Crippen molar-refractivity contribution >= 4 is 17.8 Å². The number of aromatic nitrogens is 1. The molecule has 0 aromatic carbocycles. The van der Waals surface area contributed by atoms with Gasteiger partial charge in [-0.1, -0.05) is 25.7 Å². The van der Waals surface area contributed by atoms with Gasteiger partial charge in [-0.25, -0.2) is 14.6 Å². The van der Waals surface area contributed by atoms with Gasteiger partial charge in [-0.05, 0) is 25.0 Å². The van der Waals surface area contributed by atoms with Crippen LogP contribution in [0.2, 0.25) is 0 Å². The van der Waals surface area contributed by atoms with Crippen molar-refractivity contribution in [3.8, 4) is 0 Å². The van der Waals surface area contributed by atoms with E-state index < -0.39 is 17.5 Å². The number of carbonyl (C=O) groups excluding carboxylic acids is 1. The van der Waals surface area contributed by atoms with Crippen molar-refractivity contribution in [3.63, 3.8) is 0 Å². The topological polar surface area (TPSA) is 88.5 Å². The maximum Gasteiger partial charge on any atom is 0.338 e. The number of rotatable bonds is 4. The summed E-state index contributed by atoms with van der Waals surface area (Å²) in [5.41, 5.74) is -0.651. The molecule has 1 aliphatic carbocycles. The number of ether oxygens (including phenoxy) is 1. The van der Waals surface area contributed by atoms with Crippen molar-refractivity contribution in [2.24, 2.45) is 0 Å². The summed E-state index contributed by atoms with van der Waals surface area (Å²) in [6.07, 6.45) is 6.43. The van der Waals surface area contributed by atoms with Crippen LogP contribution in [0.3, 0.4) is 0 Å². The molecule has 6 nitrogen and oxygen atoms in total. The number of aliphatic carboxylic acids is 1. The number of esters is 1. The average molecular weight is 292 g/mol. The van der Waals surface area contributed by atoms with Gasteiger partial charge in [-0.15, -0.1) is 0 Å². The molecule has 0 unspecified atom stereocenters. The van der Waals surface area contributed by atoms with Crippen molar-refractivity contribution in [2.75, 3.05) is 12.4 Å². The second-order valence-corrected chi connectivity index (χ2v) is 5.35. The largest absolute Gasteiger partial charge is 0.480 e. The zero-order valence-corrected chi connectivity index (χ0v) is 12.1. The third kappa shape index (κ3) is 3.51. The fourth-order valence-corrected chi connectivity index (χ4v) is 2.71. The molecule has 0 radical (unpaired) electrons. The summed E-state index contributed by atoms with van der Waals surface area (Å²) in [4.78, 5) is 27.4. The van der Waals surface area contributed by atoms with E-state index in [1.54, 1.807) is 0 Å². The predicted molar refractivity (Wildman–Crippen MR) is 77.3 cm³/mol. The Hall–Kier alpha value is -2.11. The molecule has 0 aliphatic heterocycles. The number of carboxylic acid groups (broad SMARTS) is 1. The lowest BCUT2D eigenvalue weighted by Gasteiger charge is -2.29. The van der Waals surface area contributed by atoms with Crippen LogP contribution in [-0.4, -0.2) is 34.7 Å². The summed E-state index contributed by atoms with van der Waals surface area (Å²) in [7, 11) is 1.31. The SMILES string of the molecule is COC(=O)c1ccnc(NC2(C(=O)O)CCCCCC2)c1. The predicted octanol–water partition coefficient (Wildman–Crippen LogP) is 2.46. The van der Waals surface area contributed by atoms with E-state index in [2.05, 4.69) is 15.0 Å². The number of nitrogens with zero attached hydrogens (tertiary/aromatic N) is 1. The molecule has 114 valence electrons. The van der Waals surface area contributed by atoms with Gasteiger partial charge in [0.1, 0.15) is 11.4 Å². The molecule has 2 rings (SSSR count). The van der Waals surface area contributed by atoms with Crippen molar-refractivity contribution < 1.29 is 19.4 Å². The lowest BCUT2D eigenvalue weighted by atomic mass is 9.90. The number of hydrogen-bond donors (Lipinski definition) is 2. The molecular formula is C15H20N2O4. The maximum atomic E-state index is 11.7. The Kier molecular flexibility index (Phi) is 4.77. The summed E-state index contributed by atoms with van der Waals surface area (Å²) in [6.45, 7) is 0. The first-order chi connectivity index (χ1) is 10.1. The zero-order chi connectivity index (χ0) is 15.3. The highest BCUT2D eigenvalue weighted by atomic mass is 16.5. The van der Waals surface area contributed by atoms with Gasteiger partial charge in [0.15, 0.2) is 0 Å². The fraction of sp³-hybridized carbons (Fsp3) is 0.533. The monoisotopic (exact) mass is 292 g/mol. The Morgan fingerprint density at radius 3 is 2.52 bits per heavy atom. The van der Waals surface area contributed by atoms with Crippen LogP contribution in [0.4, 0.5) is 5.82 Å². The molecule has 0 amide bonds. The molecular weight excluding hydrogens is 272 g/mol. The van der Waals surface area contributed by atoms with Crippen LogP contribution in [0.15, 0.2) is 18.3 Å². The summed E-state index contributed by atoms with van der Waals surface area (Å²) in [5, 5.41) is 12.7. The number of nitrogens with one attached hydrogen (secondary N) is 1. The summed E-state index contributed by atoms with van der Waals surface area (Å²) >= 11 is 0. The minimum atomic E-state index is -1.00. The Morgan fingerprint density at radius 1 is 1.29 bits per heavy atom. The first-order valence-corrected chi connectivity index (χ1v) is 7.13. The molecule has 1 heterocycles. The van der Waals surface area contributed by atoms with Crippen LogP contribution in [0.1, 0.15) is 48.9 Å². The van der Waals surface area contributed by atoms with E-state index in [0.717, 1.165) is 25.7 Å². The number of anilines is 1. The fourth-order valence-electron chi connectivity index (χ4n) is 2.71. The normalized spacial score (nSPS) is 17.6.